The molecule has 0 saturated heterocycles. The van der Waals surface area contributed by atoms with Crippen LogP contribution in [0.15, 0.2) is 48.6 Å². The Hall–Kier alpha value is -1.04. The Labute approximate surface area is 110 Å². The molecule has 6 atom stereocenters. The van der Waals surface area contributed by atoms with Crippen LogP contribution in [0.2, 0.25) is 0 Å². The quantitative estimate of drug-likeness (QED) is 0.630. The maximum atomic E-state index is 2.50. The SMILES string of the molecule is C1=CC2CCC(C3CCC4C=CC=CC43)C2C=C1. The zero-order valence-corrected chi connectivity index (χ0v) is 10.9. The highest BCUT2D eigenvalue weighted by Gasteiger charge is 2.44. The van der Waals surface area contributed by atoms with Crippen molar-refractivity contribution in [3.63, 3.8) is 0 Å². The average Bonchev–Trinajstić information content (AvgIpc) is 3.01. The minimum atomic E-state index is 0.845. The molecule has 0 bridgehead atoms. The van der Waals surface area contributed by atoms with Gasteiger partial charge in [0.05, 0.1) is 0 Å². The van der Waals surface area contributed by atoms with Gasteiger partial charge >= 0.3 is 0 Å². The summed E-state index contributed by atoms with van der Waals surface area (Å²) in [6.07, 6.45) is 24.7. The summed E-state index contributed by atoms with van der Waals surface area (Å²) < 4.78 is 0. The summed E-state index contributed by atoms with van der Waals surface area (Å²) in [5.74, 6) is 5.28. The third-order valence-corrected chi connectivity index (χ3v) is 5.80. The van der Waals surface area contributed by atoms with Crippen molar-refractivity contribution in [2.45, 2.75) is 25.7 Å². The molecule has 4 aliphatic rings. The van der Waals surface area contributed by atoms with Crippen LogP contribution < -0.4 is 0 Å². The molecule has 0 aliphatic heterocycles. The Bertz CT molecular complexity index is 395. The highest BCUT2D eigenvalue weighted by molar-refractivity contribution is 5.21. The molecule has 4 aliphatic carbocycles. The second-order valence-corrected chi connectivity index (χ2v) is 6.50. The van der Waals surface area contributed by atoms with Gasteiger partial charge in [0.2, 0.25) is 0 Å². The summed E-state index contributed by atoms with van der Waals surface area (Å²) in [7, 11) is 0. The van der Waals surface area contributed by atoms with Gasteiger partial charge in [-0.25, -0.2) is 0 Å². The first-order valence-electron chi connectivity index (χ1n) is 7.63. The van der Waals surface area contributed by atoms with E-state index in [9.17, 15) is 0 Å². The molecule has 0 heterocycles. The monoisotopic (exact) mass is 238 g/mol. The summed E-state index contributed by atoms with van der Waals surface area (Å²) in [5.41, 5.74) is 0. The van der Waals surface area contributed by atoms with Gasteiger partial charge in [-0.15, -0.1) is 0 Å². The van der Waals surface area contributed by atoms with Gasteiger partial charge in [0.25, 0.3) is 0 Å². The van der Waals surface area contributed by atoms with Crippen molar-refractivity contribution in [2.24, 2.45) is 35.5 Å². The van der Waals surface area contributed by atoms with Gasteiger partial charge in [0.1, 0.15) is 0 Å². The van der Waals surface area contributed by atoms with Crippen LogP contribution in [0.1, 0.15) is 25.7 Å². The van der Waals surface area contributed by atoms with Crippen LogP contribution in [0.3, 0.4) is 0 Å². The topological polar surface area (TPSA) is 0 Å². The zero-order valence-electron chi connectivity index (χ0n) is 10.9. The van der Waals surface area contributed by atoms with Crippen molar-refractivity contribution < 1.29 is 0 Å². The molecule has 0 N–H and O–H groups in total. The van der Waals surface area contributed by atoms with Crippen LogP contribution >= 0.6 is 0 Å². The lowest BCUT2D eigenvalue weighted by Crippen LogP contribution is -2.25. The van der Waals surface area contributed by atoms with Crippen molar-refractivity contribution in [1.29, 1.82) is 0 Å². The fraction of sp³-hybridized carbons (Fsp3) is 0.556. The van der Waals surface area contributed by atoms with Crippen LogP contribution in [-0.4, -0.2) is 0 Å². The molecule has 2 saturated carbocycles. The molecule has 2 fully saturated rings. The lowest BCUT2D eigenvalue weighted by molar-refractivity contribution is 0.240. The minimum Gasteiger partial charge on any atom is -0.0808 e. The molecular formula is C18H22. The largest absolute Gasteiger partial charge is 0.0808 e. The van der Waals surface area contributed by atoms with Gasteiger partial charge in [-0.3, -0.25) is 0 Å². The molecular weight excluding hydrogens is 216 g/mol. The minimum absolute atomic E-state index is 0.845. The molecule has 0 aromatic rings. The van der Waals surface area contributed by atoms with Gasteiger partial charge < -0.3 is 0 Å². The molecule has 0 amide bonds. The van der Waals surface area contributed by atoms with Crippen molar-refractivity contribution in [2.75, 3.05) is 0 Å². The second-order valence-electron chi connectivity index (χ2n) is 6.50. The second kappa shape index (κ2) is 4.26. The Balaban J connectivity index is 1.57. The number of hydrogen-bond donors (Lipinski definition) is 0. The molecule has 94 valence electrons. The standard InChI is InChI=1S/C18H22/c1-3-7-15-13(5-1)9-11-17(15)18-12-10-14-6-2-4-8-16(14)18/h1-8,13-18H,9-12H2. The zero-order chi connectivity index (χ0) is 11.9. The first-order valence-corrected chi connectivity index (χ1v) is 7.63. The van der Waals surface area contributed by atoms with E-state index < -0.39 is 0 Å². The van der Waals surface area contributed by atoms with Crippen molar-refractivity contribution in [1.82, 2.24) is 0 Å². The van der Waals surface area contributed by atoms with Crippen LogP contribution in [0.4, 0.5) is 0 Å². The summed E-state index contributed by atoms with van der Waals surface area (Å²) in [5, 5.41) is 0. The van der Waals surface area contributed by atoms with E-state index in [0.29, 0.717) is 0 Å². The molecule has 0 spiro atoms. The fourth-order valence-electron chi connectivity index (χ4n) is 4.99. The van der Waals surface area contributed by atoms with Crippen LogP contribution in [-0.2, 0) is 0 Å². The van der Waals surface area contributed by atoms with Crippen LogP contribution in [0.25, 0.3) is 0 Å². The maximum Gasteiger partial charge on any atom is -0.0136 e. The van der Waals surface area contributed by atoms with Gasteiger partial charge in [0, 0.05) is 0 Å². The Morgan fingerprint density at radius 1 is 0.500 bits per heavy atom. The molecule has 4 rings (SSSR count). The van der Waals surface area contributed by atoms with Crippen molar-refractivity contribution in [3.05, 3.63) is 48.6 Å². The number of rotatable bonds is 1. The van der Waals surface area contributed by atoms with E-state index in [0.717, 1.165) is 35.5 Å². The van der Waals surface area contributed by atoms with Crippen molar-refractivity contribution >= 4 is 0 Å². The van der Waals surface area contributed by atoms with Gasteiger partial charge in [-0.05, 0) is 61.2 Å². The molecule has 0 aromatic carbocycles. The predicted octanol–water partition coefficient (Wildman–Crippen LogP) is 4.52. The van der Waals surface area contributed by atoms with Crippen molar-refractivity contribution in [3.8, 4) is 0 Å². The van der Waals surface area contributed by atoms with E-state index in [2.05, 4.69) is 48.6 Å². The predicted molar refractivity (Wildman–Crippen MR) is 76.0 cm³/mol. The lowest BCUT2D eigenvalue weighted by atomic mass is 9.73. The number of allylic oxidation sites excluding steroid dienone is 8. The van der Waals surface area contributed by atoms with Gasteiger partial charge in [0.15, 0.2) is 0 Å². The maximum absolute atomic E-state index is 2.50. The van der Waals surface area contributed by atoms with Gasteiger partial charge in [-0.1, -0.05) is 48.6 Å². The van der Waals surface area contributed by atoms with E-state index in [1.807, 2.05) is 0 Å². The first kappa shape index (κ1) is 10.8. The first-order chi connectivity index (χ1) is 8.93. The molecule has 0 heteroatoms. The van der Waals surface area contributed by atoms with E-state index in [4.69, 9.17) is 0 Å². The van der Waals surface area contributed by atoms with E-state index >= 15 is 0 Å². The van der Waals surface area contributed by atoms with E-state index in [-0.39, 0.29) is 0 Å². The molecule has 0 radical (unpaired) electrons. The Morgan fingerprint density at radius 3 is 1.44 bits per heavy atom. The van der Waals surface area contributed by atoms with Crippen LogP contribution in [0.5, 0.6) is 0 Å². The third-order valence-electron chi connectivity index (χ3n) is 5.80. The average molecular weight is 238 g/mol. The highest BCUT2D eigenvalue weighted by atomic mass is 14.5. The molecule has 6 unspecified atom stereocenters. The summed E-state index contributed by atoms with van der Waals surface area (Å²) in [6, 6.07) is 0. The lowest BCUT2D eigenvalue weighted by Gasteiger charge is -2.31. The molecule has 18 heavy (non-hydrogen) atoms. The van der Waals surface area contributed by atoms with E-state index in [1.54, 1.807) is 0 Å². The highest BCUT2D eigenvalue weighted by Crippen LogP contribution is 2.53. The number of hydrogen-bond acceptors (Lipinski definition) is 0. The number of fused-ring (bicyclic) bond motifs is 2. The summed E-state index contributed by atoms with van der Waals surface area (Å²) in [4.78, 5) is 0. The normalized spacial score (nSPS) is 48.4. The smallest absolute Gasteiger partial charge is 0.0136 e. The molecule has 0 aromatic heterocycles. The van der Waals surface area contributed by atoms with Gasteiger partial charge in [-0.2, -0.15) is 0 Å². The Morgan fingerprint density at radius 2 is 0.944 bits per heavy atom. The fourth-order valence-corrected chi connectivity index (χ4v) is 4.99. The van der Waals surface area contributed by atoms with Crippen LogP contribution in [0, 0.1) is 35.5 Å². The summed E-state index contributed by atoms with van der Waals surface area (Å²) >= 11 is 0. The Kier molecular flexibility index (Phi) is 2.57. The third kappa shape index (κ3) is 1.58. The molecule has 0 nitrogen and oxygen atoms in total. The van der Waals surface area contributed by atoms with E-state index in [1.165, 1.54) is 25.7 Å². The summed E-state index contributed by atoms with van der Waals surface area (Å²) in [6.45, 7) is 0.